The first-order valence-corrected chi connectivity index (χ1v) is 10.8. The lowest BCUT2D eigenvalue weighted by atomic mass is 9.77. The van der Waals surface area contributed by atoms with Crippen molar-refractivity contribution in [2.75, 3.05) is 10.6 Å². The van der Waals surface area contributed by atoms with E-state index in [0.29, 0.717) is 22.6 Å². The van der Waals surface area contributed by atoms with Gasteiger partial charge in [0.2, 0.25) is 5.13 Å². The number of aryl methyl sites for hydroxylation is 1. The second-order valence-electron chi connectivity index (χ2n) is 7.58. The number of hydrogen-bond acceptors (Lipinski definition) is 9. The number of hydrogen-bond donors (Lipinski definition) is 3. The lowest BCUT2D eigenvalue weighted by Crippen LogP contribution is -2.16. The minimum atomic E-state index is -0.719. The second kappa shape index (κ2) is 9.21. The molecule has 3 aromatic rings. The number of rotatable bonds is 7. The highest BCUT2D eigenvalue weighted by atomic mass is 32.1. The van der Waals surface area contributed by atoms with E-state index in [-0.39, 0.29) is 24.2 Å². The molecule has 2 aromatic heterocycles. The smallest absolute Gasteiger partial charge is 0.322 e. The fourth-order valence-electron chi connectivity index (χ4n) is 3.77. The molecule has 2 heterocycles. The van der Waals surface area contributed by atoms with Crippen molar-refractivity contribution in [1.29, 1.82) is 0 Å². The molecule has 0 saturated heterocycles. The van der Waals surface area contributed by atoms with Gasteiger partial charge in [-0.3, -0.25) is 14.9 Å². The zero-order valence-corrected chi connectivity index (χ0v) is 17.7. The third kappa shape index (κ3) is 5.43. The summed E-state index contributed by atoms with van der Waals surface area (Å²) >= 11 is 1.15. The molecule has 1 aliphatic rings. The molecule has 4 rings (SSSR count). The summed E-state index contributed by atoms with van der Waals surface area (Å²) in [4.78, 5) is 27.4. The Morgan fingerprint density at radius 3 is 2.55 bits per heavy atom. The number of carboxylic acid groups (broad SMARTS) is 1. The number of aliphatic carboxylic acids is 1. The molecular weight excluding hydrogens is 420 g/mol. The van der Waals surface area contributed by atoms with E-state index < -0.39 is 11.9 Å². The molecule has 1 saturated carbocycles. The largest absolute Gasteiger partial charge is 0.481 e. The highest BCUT2D eigenvalue weighted by molar-refractivity contribution is 7.09. The van der Waals surface area contributed by atoms with Crippen molar-refractivity contribution in [3.05, 3.63) is 41.5 Å². The van der Waals surface area contributed by atoms with E-state index in [0.717, 1.165) is 37.2 Å². The van der Waals surface area contributed by atoms with Gasteiger partial charge < -0.3 is 14.8 Å². The van der Waals surface area contributed by atoms with Crippen molar-refractivity contribution in [3.8, 4) is 0 Å². The Hall–Kier alpha value is -3.34. The van der Waals surface area contributed by atoms with Crippen LogP contribution in [0.1, 0.15) is 60.1 Å². The van der Waals surface area contributed by atoms with E-state index in [4.69, 9.17) is 9.52 Å². The molecule has 11 heteroatoms. The fourth-order valence-corrected chi connectivity index (χ4v) is 4.34. The first kappa shape index (κ1) is 20.9. The van der Waals surface area contributed by atoms with Gasteiger partial charge in [-0.05, 0) is 62.1 Å². The SMILES string of the molecule is Cc1nsc(Nc2nnc(C(=O)Nc3ccc([C@H]4CC[C@H](CC(=O)O)CC4)cc3)o2)n1. The molecule has 0 bridgehead atoms. The van der Waals surface area contributed by atoms with Crippen LogP contribution in [0.25, 0.3) is 0 Å². The number of aromatic nitrogens is 4. The predicted octanol–water partition coefficient (Wildman–Crippen LogP) is 3.97. The van der Waals surface area contributed by atoms with Gasteiger partial charge in [0, 0.05) is 23.6 Å². The lowest BCUT2D eigenvalue weighted by molar-refractivity contribution is -0.138. The quantitative estimate of drug-likeness (QED) is 0.495. The van der Waals surface area contributed by atoms with Gasteiger partial charge in [-0.15, -0.1) is 5.10 Å². The van der Waals surface area contributed by atoms with Gasteiger partial charge >= 0.3 is 23.8 Å². The molecule has 0 atom stereocenters. The van der Waals surface area contributed by atoms with Crippen molar-refractivity contribution in [2.24, 2.45) is 5.92 Å². The maximum absolute atomic E-state index is 12.4. The van der Waals surface area contributed by atoms with Gasteiger partial charge in [0.15, 0.2) is 0 Å². The molecule has 0 aliphatic heterocycles. The fraction of sp³-hybridized carbons (Fsp3) is 0.400. The molecular formula is C20H22N6O4S. The summed E-state index contributed by atoms with van der Waals surface area (Å²) in [6, 6.07) is 7.74. The zero-order valence-electron chi connectivity index (χ0n) is 16.9. The van der Waals surface area contributed by atoms with Crippen molar-refractivity contribution in [2.45, 2.75) is 44.9 Å². The first-order chi connectivity index (χ1) is 15.0. The van der Waals surface area contributed by atoms with E-state index in [1.165, 1.54) is 5.56 Å². The summed E-state index contributed by atoms with van der Waals surface area (Å²) < 4.78 is 9.38. The van der Waals surface area contributed by atoms with Gasteiger partial charge in [-0.1, -0.05) is 17.2 Å². The van der Waals surface area contributed by atoms with Crippen molar-refractivity contribution >= 4 is 40.2 Å². The average molecular weight is 443 g/mol. The minimum Gasteiger partial charge on any atom is -0.481 e. The van der Waals surface area contributed by atoms with Crippen LogP contribution in [0.3, 0.4) is 0 Å². The summed E-state index contributed by atoms with van der Waals surface area (Å²) in [7, 11) is 0. The van der Waals surface area contributed by atoms with Gasteiger partial charge in [-0.2, -0.15) is 4.37 Å². The zero-order chi connectivity index (χ0) is 21.8. The molecule has 0 spiro atoms. The summed E-state index contributed by atoms with van der Waals surface area (Å²) in [5, 5.41) is 22.6. The highest BCUT2D eigenvalue weighted by Gasteiger charge is 2.24. The van der Waals surface area contributed by atoms with Crippen molar-refractivity contribution in [1.82, 2.24) is 19.6 Å². The molecule has 1 amide bonds. The van der Waals surface area contributed by atoms with Gasteiger partial charge in [0.1, 0.15) is 5.82 Å². The number of nitrogens with zero attached hydrogens (tertiary/aromatic N) is 4. The van der Waals surface area contributed by atoms with Crippen LogP contribution >= 0.6 is 11.5 Å². The van der Waals surface area contributed by atoms with Crippen LogP contribution in [0.4, 0.5) is 16.8 Å². The van der Waals surface area contributed by atoms with Crippen LogP contribution in [0.2, 0.25) is 0 Å². The van der Waals surface area contributed by atoms with E-state index in [2.05, 4.69) is 30.2 Å². The average Bonchev–Trinajstić information content (AvgIpc) is 3.38. The predicted molar refractivity (Wildman–Crippen MR) is 114 cm³/mol. The molecule has 31 heavy (non-hydrogen) atoms. The van der Waals surface area contributed by atoms with E-state index in [1.807, 2.05) is 24.3 Å². The van der Waals surface area contributed by atoms with E-state index in [9.17, 15) is 9.59 Å². The number of carboxylic acids is 1. The molecule has 3 N–H and O–H groups in total. The Bertz CT molecular complexity index is 1060. The van der Waals surface area contributed by atoms with Crippen LogP contribution < -0.4 is 10.6 Å². The normalized spacial score (nSPS) is 18.5. The maximum atomic E-state index is 12.4. The summed E-state index contributed by atoms with van der Waals surface area (Å²) in [6.45, 7) is 1.77. The molecule has 0 radical (unpaired) electrons. The number of amides is 1. The molecule has 1 aliphatic carbocycles. The number of nitrogens with one attached hydrogen (secondary N) is 2. The first-order valence-electron chi connectivity index (χ1n) is 10.00. The van der Waals surface area contributed by atoms with Crippen molar-refractivity contribution in [3.63, 3.8) is 0 Å². The standard InChI is InChI=1S/C20H22N6O4S/c1-11-21-20(31-26-11)23-19-25-24-18(30-19)17(29)22-15-8-6-14(7-9-15)13-4-2-12(3-5-13)10-16(27)28/h6-9,12-13H,2-5,10H2,1H3,(H,22,29)(H,27,28)(H,21,23,25,26)/t12-,13-. The Balaban J connectivity index is 1.31. The van der Waals surface area contributed by atoms with Crippen LogP contribution in [-0.4, -0.2) is 36.5 Å². The summed E-state index contributed by atoms with van der Waals surface area (Å²) in [6.07, 6.45) is 4.08. The highest BCUT2D eigenvalue weighted by Crippen LogP contribution is 2.37. The molecule has 1 aromatic carbocycles. The number of benzene rings is 1. The third-order valence-corrected chi connectivity index (χ3v) is 6.03. The van der Waals surface area contributed by atoms with Gasteiger partial charge in [0.05, 0.1) is 0 Å². The third-order valence-electron chi connectivity index (χ3n) is 5.31. The molecule has 10 nitrogen and oxygen atoms in total. The Kier molecular flexibility index (Phi) is 6.21. The summed E-state index contributed by atoms with van der Waals surface area (Å²) in [5.74, 6) is -0.0643. The topological polar surface area (TPSA) is 143 Å². The maximum Gasteiger partial charge on any atom is 0.322 e. The molecule has 1 fully saturated rings. The van der Waals surface area contributed by atoms with Crippen LogP contribution in [0.15, 0.2) is 28.7 Å². The van der Waals surface area contributed by atoms with Gasteiger partial charge in [0.25, 0.3) is 0 Å². The van der Waals surface area contributed by atoms with Crippen LogP contribution in [-0.2, 0) is 4.79 Å². The summed E-state index contributed by atoms with van der Waals surface area (Å²) in [5.41, 5.74) is 1.82. The second-order valence-corrected chi connectivity index (χ2v) is 8.33. The van der Waals surface area contributed by atoms with E-state index in [1.54, 1.807) is 6.92 Å². The van der Waals surface area contributed by atoms with Crippen LogP contribution in [0, 0.1) is 12.8 Å². The monoisotopic (exact) mass is 442 g/mol. The van der Waals surface area contributed by atoms with E-state index >= 15 is 0 Å². The molecule has 162 valence electrons. The number of carbonyl (C=O) groups is 2. The minimum absolute atomic E-state index is 0.0650. The molecule has 0 unspecified atom stereocenters. The number of anilines is 3. The number of carbonyl (C=O) groups excluding carboxylic acids is 1. The van der Waals surface area contributed by atoms with Crippen LogP contribution in [0.5, 0.6) is 0 Å². The van der Waals surface area contributed by atoms with Gasteiger partial charge in [-0.25, -0.2) is 4.98 Å². The Morgan fingerprint density at radius 1 is 1.16 bits per heavy atom. The lowest BCUT2D eigenvalue weighted by Gasteiger charge is -2.28. The Labute approximate surface area is 182 Å². The van der Waals surface area contributed by atoms with Crippen molar-refractivity contribution < 1.29 is 19.1 Å². The Morgan fingerprint density at radius 2 is 1.90 bits per heavy atom.